The first-order valence-corrected chi connectivity index (χ1v) is 8.69. The van der Waals surface area contributed by atoms with Gasteiger partial charge in [0.05, 0.1) is 17.8 Å². The summed E-state index contributed by atoms with van der Waals surface area (Å²) in [6.45, 7) is 0.969. The molecule has 2 atom stereocenters. The summed E-state index contributed by atoms with van der Waals surface area (Å²) >= 11 is 0. The molecule has 5 rings (SSSR count). The Morgan fingerprint density at radius 1 is 1.16 bits per heavy atom. The van der Waals surface area contributed by atoms with Crippen molar-refractivity contribution in [3.05, 3.63) is 42.5 Å². The summed E-state index contributed by atoms with van der Waals surface area (Å²) in [4.78, 5) is 9.05. The summed E-state index contributed by atoms with van der Waals surface area (Å²) in [5.41, 5.74) is 3.83. The van der Waals surface area contributed by atoms with Crippen LogP contribution < -0.4 is 10.6 Å². The Labute approximate surface area is 144 Å². The minimum Gasteiger partial charge on any atom is -0.363 e. The quantitative estimate of drug-likeness (QED) is 0.765. The summed E-state index contributed by atoms with van der Waals surface area (Å²) in [6.07, 6.45) is 9.08. The van der Waals surface area contributed by atoms with Crippen molar-refractivity contribution >= 4 is 11.5 Å². The van der Waals surface area contributed by atoms with Crippen LogP contribution in [0, 0.1) is 0 Å². The van der Waals surface area contributed by atoms with Crippen LogP contribution in [-0.2, 0) is 0 Å². The lowest BCUT2D eigenvalue weighted by atomic mass is 10.1. The lowest BCUT2D eigenvalue weighted by Crippen LogP contribution is -2.29. The molecule has 3 aromatic rings. The lowest BCUT2D eigenvalue weighted by molar-refractivity contribution is 0.342. The SMILES string of the molecule is F[C@H]1CNC[C@@H]1Nc1ncccc1-c1cnn2cc(C3CC3)cnc12. The summed E-state index contributed by atoms with van der Waals surface area (Å²) in [5.74, 6) is 1.30. The van der Waals surface area contributed by atoms with Crippen molar-refractivity contribution in [2.24, 2.45) is 0 Å². The topological polar surface area (TPSA) is 67.1 Å². The molecule has 1 aliphatic heterocycles. The second-order valence-electron chi connectivity index (χ2n) is 6.81. The minimum absolute atomic E-state index is 0.273. The molecule has 7 heteroatoms. The maximum Gasteiger partial charge on any atom is 0.162 e. The predicted molar refractivity (Wildman–Crippen MR) is 93.4 cm³/mol. The summed E-state index contributed by atoms with van der Waals surface area (Å²) in [6, 6.07) is 3.57. The van der Waals surface area contributed by atoms with E-state index in [4.69, 9.17) is 0 Å². The van der Waals surface area contributed by atoms with E-state index in [1.54, 1.807) is 12.4 Å². The van der Waals surface area contributed by atoms with Gasteiger partial charge in [-0.25, -0.2) is 18.9 Å². The molecular weight excluding hydrogens is 319 g/mol. The number of fused-ring (bicyclic) bond motifs is 1. The third kappa shape index (κ3) is 2.64. The zero-order valence-electron chi connectivity index (χ0n) is 13.7. The van der Waals surface area contributed by atoms with Gasteiger partial charge in [0.1, 0.15) is 12.0 Å². The highest BCUT2D eigenvalue weighted by atomic mass is 19.1. The monoisotopic (exact) mass is 338 g/mol. The molecule has 6 nitrogen and oxygen atoms in total. The molecule has 4 heterocycles. The lowest BCUT2D eigenvalue weighted by Gasteiger charge is -2.17. The normalized spacial score (nSPS) is 23.2. The van der Waals surface area contributed by atoms with E-state index < -0.39 is 6.17 Å². The highest BCUT2D eigenvalue weighted by molar-refractivity contribution is 5.84. The molecule has 1 saturated heterocycles. The van der Waals surface area contributed by atoms with Gasteiger partial charge in [0.25, 0.3) is 0 Å². The molecule has 2 N–H and O–H groups in total. The van der Waals surface area contributed by atoms with E-state index >= 15 is 0 Å². The molecule has 0 unspecified atom stereocenters. The molecule has 3 aromatic heterocycles. The molecule has 0 radical (unpaired) electrons. The van der Waals surface area contributed by atoms with Gasteiger partial charge in [0, 0.05) is 37.2 Å². The molecular formula is C18H19FN6. The van der Waals surface area contributed by atoms with Crippen LogP contribution in [-0.4, -0.2) is 44.9 Å². The number of halogens is 1. The smallest absolute Gasteiger partial charge is 0.162 e. The van der Waals surface area contributed by atoms with E-state index in [1.165, 1.54) is 18.4 Å². The van der Waals surface area contributed by atoms with Gasteiger partial charge in [-0.3, -0.25) is 0 Å². The zero-order valence-corrected chi connectivity index (χ0v) is 13.7. The second kappa shape index (κ2) is 5.77. The van der Waals surface area contributed by atoms with Crippen LogP contribution in [0.4, 0.5) is 10.2 Å². The Bertz CT molecular complexity index is 919. The van der Waals surface area contributed by atoms with E-state index in [9.17, 15) is 4.39 Å². The number of pyridine rings is 1. The number of rotatable bonds is 4. The zero-order chi connectivity index (χ0) is 16.8. The average molecular weight is 338 g/mol. The molecule has 0 amide bonds. The standard InChI is InChI=1S/C18H19FN6/c19-15-8-20-9-16(15)24-17-13(2-1-5-21-17)14-7-23-25-10-12(11-3-4-11)6-22-18(14)25/h1-2,5-7,10-11,15-16,20H,3-4,8-9H2,(H,21,24)/t15-,16-/m0/s1. The average Bonchev–Trinajstić information content (AvgIpc) is 3.29. The molecule has 2 fully saturated rings. The van der Waals surface area contributed by atoms with Gasteiger partial charge in [-0.15, -0.1) is 0 Å². The highest BCUT2D eigenvalue weighted by Gasteiger charge is 2.28. The largest absolute Gasteiger partial charge is 0.363 e. The Hall–Kier alpha value is -2.54. The van der Waals surface area contributed by atoms with Crippen LogP contribution in [0.5, 0.6) is 0 Å². The van der Waals surface area contributed by atoms with Crippen molar-refractivity contribution in [2.75, 3.05) is 18.4 Å². The summed E-state index contributed by atoms with van der Waals surface area (Å²) < 4.78 is 15.8. The van der Waals surface area contributed by atoms with Gasteiger partial charge in [-0.2, -0.15) is 5.10 Å². The van der Waals surface area contributed by atoms with Crippen LogP contribution in [0.1, 0.15) is 24.3 Å². The minimum atomic E-state index is -0.919. The van der Waals surface area contributed by atoms with Crippen molar-refractivity contribution in [3.8, 4) is 11.1 Å². The van der Waals surface area contributed by atoms with Gasteiger partial charge >= 0.3 is 0 Å². The first-order chi connectivity index (χ1) is 12.3. The van der Waals surface area contributed by atoms with E-state index in [0.717, 1.165) is 16.8 Å². The van der Waals surface area contributed by atoms with Gasteiger partial charge in [0.2, 0.25) is 0 Å². The second-order valence-corrected chi connectivity index (χ2v) is 6.81. The van der Waals surface area contributed by atoms with Crippen LogP contribution in [0.2, 0.25) is 0 Å². The molecule has 0 bridgehead atoms. The highest BCUT2D eigenvalue weighted by Crippen LogP contribution is 2.40. The number of hydrogen-bond donors (Lipinski definition) is 2. The third-order valence-electron chi connectivity index (χ3n) is 4.99. The van der Waals surface area contributed by atoms with Crippen LogP contribution in [0.3, 0.4) is 0 Å². The molecule has 25 heavy (non-hydrogen) atoms. The molecule has 0 spiro atoms. The number of nitrogens with one attached hydrogen (secondary N) is 2. The van der Waals surface area contributed by atoms with E-state index in [2.05, 4.69) is 31.9 Å². The maximum absolute atomic E-state index is 13.9. The van der Waals surface area contributed by atoms with Crippen LogP contribution in [0.25, 0.3) is 16.8 Å². The predicted octanol–water partition coefficient (Wildman–Crippen LogP) is 2.39. The van der Waals surface area contributed by atoms with E-state index in [-0.39, 0.29) is 6.04 Å². The Kier molecular flexibility index (Phi) is 3.41. The summed E-state index contributed by atoms with van der Waals surface area (Å²) in [5, 5.41) is 10.8. The Morgan fingerprint density at radius 2 is 2.08 bits per heavy atom. The van der Waals surface area contributed by atoms with E-state index in [0.29, 0.717) is 24.8 Å². The van der Waals surface area contributed by atoms with Gasteiger partial charge in [-0.05, 0) is 36.5 Å². The molecule has 0 aromatic carbocycles. The first kappa shape index (κ1) is 14.8. The van der Waals surface area contributed by atoms with Crippen molar-refractivity contribution in [1.82, 2.24) is 24.9 Å². The number of nitrogens with zero attached hydrogens (tertiary/aromatic N) is 4. The molecule has 1 saturated carbocycles. The number of aromatic nitrogens is 4. The van der Waals surface area contributed by atoms with Crippen molar-refractivity contribution in [1.29, 1.82) is 0 Å². The molecule has 128 valence electrons. The third-order valence-corrected chi connectivity index (χ3v) is 4.99. The number of hydrogen-bond acceptors (Lipinski definition) is 5. The van der Waals surface area contributed by atoms with Crippen molar-refractivity contribution in [2.45, 2.75) is 31.0 Å². The molecule has 2 aliphatic rings. The summed E-state index contributed by atoms with van der Waals surface area (Å²) in [7, 11) is 0. The fourth-order valence-corrected chi connectivity index (χ4v) is 3.41. The Balaban J connectivity index is 1.53. The maximum atomic E-state index is 13.9. The van der Waals surface area contributed by atoms with Crippen molar-refractivity contribution in [3.63, 3.8) is 0 Å². The number of anilines is 1. The first-order valence-electron chi connectivity index (χ1n) is 8.69. The van der Waals surface area contributed by atoms with Crippen LogP contribution in [0.15, 0.2) is 36.9 Å². The fraction of sp³-hybridized carbons (Fsp3) is 0.389. The Morgan fingerprint density at radius 3 is 2.88 bits per heavy atom. The van der Waals surface area contributed by atoms with E-state index in [1.807, 2.05) is 22.8 Å². The molecule has 1 aliphatic carbocycles. The number of alkyl halides is 1. The van der Waals surface area contributed by atoms with Gasteiger partial charge in [0.15, 0.2) is 5.65 Å². The van der Waals surface area contributed by atoms with Crippen molar-refractivity contribution < 1.29 is 4.39 Å². The fourth-order valence-electron chi connectivity index (χ4n) is 3.41. The van der Waals surface area contributed by atoms with Gasteiger partial charge < -0.3 is 10.6 Å². The van der Waals surface area contributed by atoms with Gasteiger partial charge in [-0.1, -0.05) is 0 Å². The van der Waals surface area contributed by atoms with Crippen LogP contribution >= 0.6 is 0 Å².